The number of carbonyl (C=O) groups excluding carboxylic acids is 3. The number of nitrogens with two attached hydrogens (primary N) is 1. The first-order valence-electron chi connectivity index (χ1n) is 13.1. The Labute approximate surface area is 234 Å². The molecule has 2 aromatic rings. The SMILES string of the molecule is CCC(C)C(NC(=O)C(CCSC)NC(=O)C(Cc1ccccc1)NC(=O)C(N)Cc1ccccc1)C(=O)O. The van der Waals surface area contributed by atoms with Crippen LogP contribution in [0.15, 0.2) is 60.7 Å². The number of amides is 3. The Morgan fingerprint density at radius 2 is 1.33 bits per heavy atom. The van der Waals surface area contributed by atoms with Crippen molar-refractivity contribution in [2.45, 2.75) is 63.7 Å². The Morgan fingerprint density at radius 1 is 0.821 bits per heavy atom. The van der Waals surface area contributed by atoms with Crippen LogP contribution >= 0.6 is 11.8 Å². The van der Waals surface area contributed by atoms with Gasteiger partial charge in [-0.15, -0.1) is 0 Å². The van der Waals surface area contributed by atoms with Crippen molar-refractivity contribution in [2.24, 2.45) is 11.7 Å². The van der Waals surface area contributed by atoms with E-state index in [0.29, 0.717) is 25.0 Å². The van der Waals surface area contributed by atoms with Gasteiger partial charge in [0.15, 0.2) is 0 Å². The summed E-state index contributed by atoms with van der Waals surface area (Å²) in [5.41, 5.74) is 7.88. The van der Waals surface area contributed by atoms with Crippen molar-refractivity contribution in [1.82, 2.24) is 16.0 Å². The third-order valence-electron chi connectivity index (χ3n) is 6.57. The summed E-state index contributed by atoms with van der Waals surface area (Å²) in [5, 5.41) is 17.7. The number of thioether (sulfide) groups is 1. The minimum absolute atomic E-state index is 0.192. The molecular formula is C29H40N4O5S. The molecule has 0 aromatic heterocycles. The van der Waals surface area contributed by atoms with Crippen LogP contribution in [0.1, 0.15) is 37.8 Å². The van der Waals surface area contributed by atoms with Crippen molar-refractivity contribution in [3.05, 3.63) is 71.8 Å². The minimum Gasteiger partial charge on any atom is -0.480 e. The van der Waals surface area contributed by atoms with Gasteiger partial charge in [-0.1, -0.05) is 80.9 Å². The molecular weight excluding hydrogens is 516 g/mol. The second-order valence-corrected chi connectivity index (χ2v) is 10.6. The highest BCUT2D eigenvalue weighted by molar-refractivity contribution is 7.98. The van der Waals surface area contributed by atoms with Gasteiger partial charge in [0.05, 0.1) is 6.04 Å². The summed E-state index contributed by atoms with van der Waals surface area (Å²) in [4.78, 5) is 51.4. The largest absolute Gasteiger partial charge is 0.480 e. The number of hydrogen-bond acceptors (Lipinski definition) is 6. The highest BCUT2D eigenvalue weighted by Gasteiger charge is 2.32. The van der Waals surface area contributed by atoms with Gasteiger partial charge in [0.2, 0.25) is 17.7 Å². The number of carboxylic acid groups (broad SMARTS) is 1. The Bertz CT molecular complexity index is 1070. The molecule has 0 radical (unpaired) electrons. The predicted molar refractivity (Wildman–Crippen MR) is 154 cm³/mol. The third-order valence-corrected chi connectivity index (χ3v) is 7.22. The zero-order valence-electron chi connectivity index (χ0n) is 22.8. The Morgan fingerprint density at radius 3 is 1.85 bits per heavy atom. The van der Waals surface area contributed by atoms with E-state index in [1.54, 1.807) is 6.92 Å². The zero-order chi connectivity index (χ0) is 28.8. The number of nitrogens with one attached hydrogen (secondary N) is 3. The van der Waals surface area contributed by atoms with Gasteiger partial charge in [0, 0.05) is 6.42 Å². The van der Waals surface area contributed by atoms with Crippen molar-refractivity contribution in [3.63, 3.8) is 0 Å². The van der Waals surface area contributed by atoms with Crippen LogP contribution in [0, 0.1) is 5.92 Å². The number of carboxylic acids is 1. The van der Waals surface area contributed by atoms with Gasteiger partial charge in [-0.05, 0) is 41.9 Å². The maximum Gasteiger partial charge on any atom is 0.326 e. The molecule has 39 heavy (non-hydrogen) atoms. The molecule has 5 atom stereocenters. The van der Waals surface area contributed by atoms with E-state index in [1.807, 2.05) is 73.8 Å². The monoisotopic (exact) mass is 556 g/mol. The smallest absolute Gasteiger partial charge is 0.326 e. The molecule has 9 nitrogen and oxygen atoms in total. The van der Waals surface area contributed by atoms with Crippen LogP contribution in [0.3, 0.4) is 0 Å². The highest BCUT2D eigenvalue weighted by atomic mass is 32.2. The van der Waals surface area contributed by atoms with Crippen molar-refractivity contribution in [1.29, 1.82) is 0 Å². The van der Waals surface area contributed by atoms with E-state index in [2.05, 4.69) is 16.0 Å². The molecule has 10 heteroatoms. The number of hydrogen-bond donors (Lipinski definition) is 5. The van der Waals surface area contributed by atoms with E-state index < -0.39 is 47.9 Å². The summed E-state index contributed by atoms with van der Waals surface area (Å²) in [6.07, 6.45) is 3.23. The number of benzene rings is 2. The molecule has 0 saturated heterocycles. The minimum atomic E-state index is -1.13. The van der Waals surface area contributed by atoms with E-state index in [4.69, 9.17) is 5.73 Å². The molecule has 0 saturated carbocycles. The first-order chi connectivity index (χ1) is 18.7. The average Bonchev–Trinajstić information content (AvgIpc) is 2.93. The van der Waals surface area contributed by atoms with Crippen LogP contribution in [0.2, 0.25) is 0 Å². The molecule has 0 aliphatic carbocycles. The van der Waals surface area contributed by atoms with Crippen LogP contribution in [0.25, 0.3) is 0 Å². The lowest BCUT2D eigenvalue weighted by atomic mass is 9.98. The Hall–Kier alpha value is -3.37. The van der Waals surface area contributed by atoms with Gasteiger partial charge < -0.3 is 26.8 Å². The summed E-state index contributed by atoms with van der Waals surface area (Å²) in [6, 6.07) is 14.7. The first-order valence-corrected chi connectivity index (χ1v) is 14.5. The molecule has 5 unspecified atom stereocenters. The summed E-state index contributed by atoms with van der Waals surface area (Å²) in [7, 11) is 0. The molecule has 0 aliphatic rings. The molecule has 2 aromatic carbocycles. The van der Waals surface area contributed by atoms with E-state index in [1.165, 1.54) is 11.8 Å². The van der Waals surface area contributed by atoms with Crippen LogP contribution in [-0.4, -0.2) is 65.0 Å². The maximum absolute atomic E-state index is 13.5. The van der Waals surface area contributed by atoms with E-state index in [-0.39, 0.29) is 12.3 Å². The van der Waals surface area contributed by atoms with Crippen LogP contribution < -0.4 is 21.7 Å². The van der Waals surface area contributed by atoms with Crippen molar-refractivity contribution >= 4 is 35.5 Å². The quantitative estimate of drug-likeness (QED) is 0.213. The summed E-state index contributed by atoms with van der Waals surface area (Å²) in [5.74, 6) is -2.46. The van der Waals surface area contributed by atoms with Gasteiger partial charge in [-0.25, -0.2) is 4.79 Å². The van der Waals surface area contributed by atoms with E-state index in [0.717, 1.165) is 11.1 Å². The lowest BCUT2D eigenvalue weighted by molar-refractivity contribution is -0.143. The zero-order valence-corrected chi connectivity index (χ0v) is 23.6. The van der Waals surface area contributed by atoms with Gasteiger partial charge in [-0.2, -0.15) is 11.8 Å². The predicted octanol–water partition coefficient (Wildman–Crippen LogP) is 2.14. The van der Waals surface area contributed by atoms with Crippen molar-refractivity contribution in [2.75, 3.05) is 12.0 Å². The number of carbonyl (C=O) groups is 4. The topological polar surface area (TPSA) is 151 Å². The molecule has 0 bridgehead atoms. The third kappa shape index (κ3) is 10.7. The summed E-state index contributed by atoms with van der Waals surface area (Å²) in [6.45, 7) is 3.60. The fourth-order valence-electron chi connectivity index (χ4n) is 4.01. The average molecular weight is 557 g/mol. The molecule has 0 heterocycles. The second kappa shape index (κ2) is 16.6. The summed E-state index contributed by atoms with van der Waals surface area (Å²) >= 11 is 1.50. The van der Waals surface area contributed by atoms with Crippen LogP contribution in [0.4, 0.5) is 0 Å². The maximum atomic E-state index is 13.5. The highest BCUT2D eigenvalue weighted by Crippen LogP contribution is 2.11. The van der Waals surface area contributed by atoms with Gasteiger partial charge in [0.25, 0.3) is 0 Å². The molecule has 6 N–H and O–H groups in total. The Balaban J connectivity index is 2.20. The van der Waals surface area contributed by atoms with Crippen molar-refractivity contribution < 1.29 is 24.3 Å². The molecule has 2 rings (SSSR count). The molecule has 0 fully saturated rings. The Kier molecular flexibility index (Phi) is 13.5. The standard InChI is InChI=1S/C29H40N4O5S/c1-4-19(2)25(29(37)38)33-27(35)23(15-16-39-3)31-28(36)24(18-21-13-9-6-10-14-21)32-26(34)22(30)17-20-11-7-5-8-12-20/h5-14,19,22-25H,4,15-18,30H2,1-3H3,(H,31,36)(H,32,34)(H,33,35)(H,37,38). The fraction of sp³-hybridized carbons (Fsp3) is 0.448. The molecule has 3 amide bonds. The second-order valence-electron chi connectivity index (χ2n) is 9.60. The number of aliphatic carboxylic acids is 1. The molecule has 0 aliphatic heterocycles. The van der Waals surface area contributed by atoms with Crippen molar-refractivity contribution in [3.8, 4) is 0 Å². The first kappa shape index (κ1) is 31.8. The van der Waals surface area contributed by atoms with Gasteiger partial charge in [-0.3, -0.25) is 14.4 Å². The lowest BCUT2D eigenvalue weighted by Gasteiger charge is -2.26. The summed E-state index contributed by atoms with van der Waals surface area (Å²) < 4.78 is 0. The van der Waals surface area contributed by atoms with Crippen LogP contribution in [-0.2, 0) is 32.0 Å². The number of rotatable bonds is 16. The van der Waals surface area contributed by atoms with Gasteiger partial charge >= 0.3 is 5.97 Å². The molecule has 0 spiro atoms. The van der Waals surface area contributed by atoms with E-state index in [9.17, 15) is 24.3 Å². The normalized spacial score (nSPS) is 14.8. The molecule has 212 valence electrons. The lowest BCUT2D eigenvalue weighted by Crippen LogP contribution is -2.58. The van der Waals surface area contributed by atoms with Gasteiger partial charge in [0.1, 0.15) is 18.1 Å². The van der Waals surface area contributed by atoms with E-state index >= 15 is 0 Å². The van der Waals surface area contributed by atoms with Crippen LogP contribution in [0.5, 0.6) is 0 Å². The fourth-order valence-corrected chi connectivity index (χ4v) is 4.48.